The number of carbonyl (C=O) groups is 1. The normalized spacial score (nSPS) is 18.9. The molecule has 6 rings (SSSR count). The predicted molar refractivity (Wildman–Crippen MR) is 156 cm³/mol. The standard InChI is InChI=1S/C19H18ClN3OS.C11H16N2O/c20-17-2-1-3-19(12-17)23-14-16(13-21-23)15-4-6-18(7-5-15)22-8-10-25(24)11-9-22;12-8-11(6-7-11)13-10(14)9-4-2-1-3-5-9/h1-7,12-14H,8-11H2;9H,1-7H2,(H,13,14). The van der Waals surface area contributed by atoms with E-state index in [4.69, 9.17) is 16.9 Å². The highest BCUT2D eigenvalue weighted by atomic mass is 35.5. The van der Waals surface area contributed by atoms with Crippen molar-refractivity contribution in [2.45, 2.75) is 50.5 Å². The minimum absolute atomic E-state index is 0.115. The summed E-state index contributed by atoms with van der Waals surface area (Å²) in [5, 5.41) is 16.9. The Bertz CT molecular complexity index is 1350. The molecule has 0 radical (unpaired) electrons. The number of carbonyl (C=O) groups excluding carboxylic acids is 1. The second-order valence-electron chi connectivity index (χ2n) is 10.6. The van der Waals surface area contributed by atoms with Gasteiger partial charge in [-0.1, -0.05) is 49.1 Å². The van der Waals surface area contributed by atoms with Crippen molar-refractivity contribution in [1.82, 2.24) is 15.1 Å². The van der Waals surface area contributed by atoms with Crippen LogP contribution in [0.5, 0.6) is 0 Å². The molecule has 2 aromatic carbocycles. The maximum absolute atomic E-state index is 11.8. The van der Waals surface area contributed by atoms with E-state index >= 15 is 0 Å². The maximum Gasteiger partial charge on any atom is 0.224 e. The second kappa shape index (κ2) is 12.4. The Morgan fingerprint density at radius 2 is 1.74 bits per heavy atom. The van der Waals surface area contributed by atoms with E-state index in [1.165, 1.54) is 12.1 Å². The molecule has 2 heterocycles. The van der Waals surface area contributed by atoms with E-state index in [1.54, 1.807) is 0 Å². The summed E-state index contributed by atoms with van der Waals surface area (Å²) in [6, 6.07) is 18.3. The highest BCUT2D eigenvalue weighted by Crippen LogP contribution is 2.35. The molecule has 204 valence electrons. The Morgan fingerprint density at radius 3 is 2.38 bits per heavy atom. The quantitative estimate of drug-likeness (QED) is 0.442. The van der Waals surface area contributed by atoms with Gasteiger partial charge >= 0.3 is 0 Å². The van der Waals surface area contributed by atoms with Crippen LogP contribution in [-0.4, -0.2) is 50.0 Å². The highest BCUT2D eigenvalue weighted by molar-refractivity contribution is 7.85. The number of nitriles is 1. The summed E-state index contributed by atoms with van der Waals surface area (Å²) in [5.41, 5.74) is 3.83. The zero-order valence-electron chi connectivity index (χ0n) is 22.0. The number of nitrogens with one attached hydrogen (secondary N) is 1. The fourth-order valence-electron chi connectivity index (χ4n) is 5.08. The maximum atomic E-state index is 11.8. The minimum Gasteiger partial charge on any atom is -0.370 e. The van der Waals surface area contributed by atoms with Crippen LogP contribution in [0, 0.1) is 17.2 Å². The lowest BCUT2D eigenvalue weighted by Gasteiger charge is -2.28. The number of anilines is 1. The molecule has 0 bridgehead atoms. The summed E-state index contributed by atoms with van der Waals surface area (Å²) >= 11 is 6.05. The zero-order chi connectivity index (χ0) is 27.2. The van der Waals surface area contributed by atoms with Gasteiger partial charge in [-0.2, -0.15) is 10.4 Å². The number of rotatable bonds is 5. The first-order chi connectivity index (χ1) is 18.9. The first kappa shape index (κ1) is 27.4. The summed E-state index contributed by atoms with van der Waals surface area (Å²) in [6.07, 6.45) is 11.1. The molecule has 0 unspecified atom stereocenters. The van der Waals surface area contributed by atoms with E-state index in [0.717, 1.165) is 79.9 Å². The van der Waals surface area contributed by atoms with Crippen molar-refractivity contribution in [3.63, 3.8) is 0 Å². The topological polar surface area (TPSA) is 91.0 Å². The molecule has 9 heteroatoms. The molecular weight excluding hydrogens is 530 g/mol. The number of halogens is 1. The van der Waals surface area contributed by atoms with Crippen LogP contribution in [0.3, 0.4) is 0 Å². The van der Waals surface area contributed by atoms with Gasteiger partial charge in [0, 0.05) is 63.8 Å². The van der Waals surface area contributed by atoms with Crippen LogP contribution in [0.25, 0.3) is 16.8 Å². The van der Waals surface area contributed by atoms with Crippen LogP contribution < -0.4 is 10.2 Å². The fourth-order valence-corrected chi connectivity index (χ4v) is 6.32. The van der Waals surface area contributed by atoms with Crippen molar-refractivity contribution in [3.8, 4) is 22.9 Å². The van der Waals surface area contributed by atoms with Gasteiger partial charge in [-0.15, -0.1) is 0 Å². The largest absolute Gasteiger partial charge is 0.370 e. The first-order valence-corrected chi connectivity index (χ1v) is 15.6. The van der Waals surface area contributed by atoms with Crippen LogP contribution in [-0.2, 0) is 15.6 Å². The van der Waals surface area contributed by atoms with Crippen LogP contribution in [0.1, 0.15) is 44.9 Å². The molecule has 39 heavy (non-hydrogen) atoms. The van der Waals surface area contributed by atoms with Gasteiger partial charge in [-0.3, -0.25) is 9.00 Å². The lowest BCUT2D eigenvalue weighted by Crippen LogP contribution is -2.40. The average molecular weight is 564 g/mol. The number of aromatic nitrogens is 2. The smallest absolute Gasteiger partial charge is 0.224 e. The van der Waals surface area contributed by atoms with Gasteiger partial charge in [0.25, 0.3) is 0 Å². The Balaban J connectivity index is 0.000000186. The summed E-state index contributed by atoms with van der Waals surface area (Å²) in [5.74, 6) is 1.81. The van der Waals surface area contributed by atoms with Crippen molar-refractivity contribution in [1.29, 1.82) is 5.26 Å². The van der Waals surface area contributed by atoms with Gasteiger partial charge in [-0.05, 0) is 61.6 Å². The van der Waals surface area contributed by atoms with Gasteiger partial charge < -0.3 is 10.2 Å². The molecule has 2 saturated carbocycles. The fraction of sp³-hybridized carbons (Fsp3) is 0.433. The van der Waals surface area contributed by atoms with Gasteiger partial charge in [0.1, 0.15) is 5.54 Å². The van der Waals surface area contributed by atoms with Gasteiger partial charge in [0.15, 0.2) is 0 Å². The van der Waals surface area contributed by atoms with Crippen molar-refractivity contribution in [3.05, 3.63) is 65.9 Å². The molecule has 1 aromatic heterocycles. The van der Waals surface area contributed by atoms with Crippen molar-refractivity contribution >= 4 is 34.0 Å². The molecule has 3 fully saturated rings. The molecule has 0 spiro atoms. The van der Waals surface area contributed by atoms with Crippen LogP contribution in [0.4, 0.5) is 5.69 Å². The molecule has 1 aliphatic heterocycles. The monoisotopic (exact) mass is 563 g/mol. The molecule has 7 nitrogen and oxygen atoms in total. The third-order valence-corrected chi connectivity index (χ3v) is 9.21. The zero-order valence-corrected chi connectivity index (χ0v) is 23.6. The Morgan fingerprint density at radius 1 is 1.03 bits per heavy atom. The van der Waals surface area contributed by atoms with Crippen molar-refractivity contribution in [2.24, 2.45) is 5.92 Å². The van der Waals surface area contributed by atoms with Gasteiger partial charge in [-0.25, -0.2) is 4.68 Å². The lowest BCUT2D eigenvalue weighted by molar-refractivity contribution is -0.126. The lowest BCUT2D eigenvalue weighted by atomic mass is 9.88. The number of amides is 1. The van der Waals surface area contributed by atoms with E-state index in [9.17, 15) is 9.00 Å². The molecule has 1 amide bonds. The van der Waals surface area contributed by atoms with Crippen molar-refractivity contribution in [2.75, 3.05) is 29.5 Å². The molecule has 2 aliphatic carbocycles. The SMILES string of the molecule is N#CC1(NC(=O)C2CCCCC2)CC1.O=S1CCN(c2ccc(-c3cnn(-c4cccc(Cl)c4)c3)cc2)CC1. The summed E-state index contributed by atoms with van der Waals surface area (Å²) in [6.45, 7) is 1.72. The van der Waals surface area contributed by atoms with Gasteiger partial charge in [0.05, 0.1) is 18.0 Å². The number of nitrogens with zero attached hydrogens (tertiary/aromatic N) is 4. The first-order valence-electron chi connectivity index (χ1n) is 13.7. The van der Waals surface area contributed by atoms with Crippen LogP contribution in [0.15, 0.2) is 60.9 Å². The molecule has 3 aromatic rings. The number of hydrogen-bond donors (Lipinski definition) is 1. The Labute approximate surface area is 237 Å². The molecule has 1 N–H and O–H groups in total. The number of benzene rings is 2. The third kappa shape index (κ3) is 7.09. The van der Waals surface area contributed by atoms with Crippen LogP contribution >= 0.6 is 11.6 Å². The predicted octanol–water partition coefficient (Wildman–Crippen LogP) is 5.50. The Hall–Kier alpha value is -3.15. The average Bonchev–Trinajstić information content (AvgIpc) is 3.57. The van der Waals surface area contributed by atoms with E-state index < -0.39 is 16.3 Å². The molecule has 1 saturated heterocycles. The third-order valence-electron chi connectivity index (χ3n) is 7.70. The summed E-state index contributed by atoms with van der Waals surface area (Å²) in [4.78, 5) is 14.0. The van der Waals surface area contributed by atoms with E-state index in [0.29, 0.717) is 5.02 Å². The molecule has 0 atom stereocenters. The van der Waals surface area contributed by atoms with E-state index in [2.05, 4.69) is 45.7 Å². The number of hydrogen-bond acceptors (Lipinski definition) is 5. The minimum atomic E-state index is -0.648. The second-order valence-corrected chi connectivity index (χ2v) is 12.7. The summed E-state index contributed by atoms with van der Waals surface area (Å²) in [7, 11) is -0.648. The Kier molecular flexibility index (Phi) is 8.69. The van der Waals surface area contributed by atoms with Crippen molar-refractivity contribution < 1.29 is 9.00 Å². The summed E-state index contributed by atoms with van der Waals surface area (Å²) < 4.78 is 13.3. The molecule has 3 aliphatic rings. The van der Waals surface area contributed by atoms with E-state index in [-0.39, 0.29) is 11.8 Å². The van der Waals surface area contributed by atoms with E-state index in [1.807, 2.05) is 41.3 Å². The highest BCUT2D eigenvalue weighted by Gasteiger charge is 2.45. The van der Waals surface area contributed by atoms with Gasteiger partial charge in [0.2, 0.25) is 5.91 Å². The molecular formula is C30H34ClN5O2S. The van der Waals surface area contributed by atoms with Crippen LogP contribution in [0.2, 0.25) is 5.02 Å².